The van der Waals surface area contributed by atoms with Crippen molar-refractivity contribution in [1.82, 2.24) is 9.97 Å². The van der Waals surface area contributed by atoms with E-state index >= 15 is 0 Å². The maximum Gasteiger partial charge on any atom is 0.451 e. The van der Waals surface area contributed by atoms with Gasteiger partial charge in [-0.2, -0.15) is 18.2 Å². The predicted octanol–water partition coefficient (Wildman–Crippen LogP) is 5.25. The number of nitrogens with zero attached hydrogens (tertiary/aromatic N) is 2. The Kier molecular flexibility index (Phi) is 4.27. The van der Waals surface area contributed by atoms with E-state index in [1.54, 1.807) is 0 Å². The molecule has 0 radical (unpaired) electrons. The van der Waals surface area contributed by atoms with E-state index in [1.165, 1.54) is 18.2 Å². The third-order valence-electron chi connectivity index (χ3n) is 1.98. The molecule has 0 atom stereocenters. The summed E-state index contributed by atoms with van der Waals surface area (Å²) in [6.07, 6.45) is -4.73. The van der Waals surface area contributed by atoms with Gasteiger partial charge in [-0.15, -0.1) is 0 Å². The van der Waals surface area contributed by atoms with Crippen molar-refractivity contribution in [2.24, 2.45) is 0 Å². The quantitative estimate of drug-likeness (QED) is 0.699. The molecule has 9 heteroatoms. The van der Waals surface area contributed by atoms with Crippen LogP contribution in [-0.4, -0.2) is 9.97 Å². The molecule has 0 amide bonds. The van der Waals surface area contributed by atoms with Crippen molar-refractivity contribution < 1.29 is 17.9 Å². The van der Waals surface area contributed by atoms with Crippen molar-refractivity contribution in [1.29, 1.82) is 0 Å². The Morgan fingerprint density at radius 3 is 2.05 bits per heavy atom. The van der Waals surface area contributed by atoms with Gasteiger partial charge in [-0.25, -0.2) is 4.98 Å². The van der Waals surface area contributed by atoms with Crippen molar-refractivity contribution in [3.63, 3.8) is 0 Å². The monoisotopic (exact) mass is 342 g/mol. The van der Waals surface area contributed by atoms with Crippen LogP contribution in [0.5, 0.6) is 11.6 Å². The largest absolute Gasteiger partial charge is 0.451 e. The summed E-state index contributed by atoms with van der Waals surface area (Å²) < 4.78 is 42.8. The highest BCUT2D eigenvalue weighted by Gasteiger charge is 2.35. The highest BCUT2D eigenvalue weighted by molar-refractivity contribution is 6.34. The van der Waals surface area contributed by atoms with Gasteiger partial charge in [-0.3, -0.25) is 0 Å². The lowest BCUT2D eigenvalue weighted by Gasteiger charge is -2.09. The maximum absolute atomic E-state index is 12.5. The predicted molar refractivity (Wildman–Crippen MR) is 68.6 cm³/mol. The van der Waals surface area contributed by atoms with E-state index in [0.29, 0.717) is 0 Å². The van der Waals surface area contributed by atoms with Crippen molar-refractivity contribution in [3.05, 3.63) is 45.3 Å². The van der Waals surface area contributed by atoms with Crippen LogP contribution >= 0.6 is 34.8 Å². The lowest BCUT2D eigenvalue weighted by Crippen LogP contribution is -2.11. The Labute approximate surface area is 126 Å². The highest BCUT2D eigenvalue weighted by Crippen LogP contribution is 2.32. The zero-order valence-corrected chi connectivity index (χ0v) is 11.6. The molecular weight excluding hydrogens is 339 g/mol. The minimum absolute atomic E-state index is 0.130. The molecule has 2 rings (SSSR count). The van der Waals surface area contributed by atoms with Gasteiger partial charge in [-0.05, 0) is 18.2 Å². The zero-order valence-electron chi connectivity index (χ0n) is 9.38. The number of rotatable bonds is 2. The van der Waals surface area contributed by atoms with Gasteiger partial charge < -0.3 is 4.74 Å². The molecule has 2 aromatic rings. The summed E-state index contributed by atoms with van der Waals surface area (Å²) in [4.78, 5) is 6.31. The fourth-order valence-corrected chi connectivity index (χ4v) is 1.96. The van der Waals surface area contributed by atoms with Gasteiger partial charge in [0, 0.05) is 16.1 Å². The molecule has 0 spiro atoms. The molecule has 0 saturated carbocycles. The minimum atomic E-state index is -4.73. The van der Waals surface area contributed by atoms with E-state index in [4.69, 9.17) is 39.5 Å². The van der Waals surface area contributed by atoms with E-state index in [1.807, 2.05) is 0 Å². The standard InChI is InChI=1S/C11H4Cl3F3N2O/c12-5-1-6(13)3-7(2-5)20-9-4-8(14)18-10(19-9)11(15,16)17/h1-4H. The maximum atomic E-state index is 12.5. The molecule has 1 aromatic carbocycles. The molecule has 0 unspecified atom stereocenters. The number of aromatic nitrogens is 2. The van der Waals surface area contributed by atoms with Crippen molar-refractivity contribution in [2.45, 2.75) is 6.18 Å². The zero-order chi connectivity index (χ0) is 14.9. The lowest BCUT2D eigenvalue weighted by atomic mass is 10.3. The van der Waals surface area contributed by atoms with Gasteiger partial charge in [0.15, 0.2) is 0 Å². The van der Waals surface area contributed by atoms with E-state index in [9.17, 15) is 13.2 Å². The molecule has 0 aliphatic carbocycles. The highest BCUT2D eigenvalue weighted by atomic mass is 35.5. The van der Waals surface area contributed by atoms with Crippen LogP contribution in [0.2, 0.25) is 15.2 Å². The van der Waals surface area contributed by atoms with Gasteiger partial charge in [0.05, 0.1) is 0 Å². The smallest absolute Gasteiger partial charge is 0.439 e. The Morgan fingerprint density at radius 1 is 0.900 bits per heavy atom. The minimum Gasteiger partial charge on any atom is -0.439 e. The van der Waals surface area contributed by atoms with Crippen molar-refractivity contribution >= 4 is 34.8 Å². The van der Waals surface area contributed by atoms with Crippen LogP contribution in [0.25, 0.3) is 0 Å². The van der Waals surface area contributed by atoms with Gasteiger partial charge >= 0.3 is 6.18 Å². The number of alkyl halides is 3. The van der Waals surface area contributed by atoms with Crippen LogP contribution in [0, 0.1) is 0 Å². The molecule has 0 aliphatic rings. The Balaban J connectivity index is 2.36. The summed E-state index contributed by atoms with van der Waals surface area (Å²) >= 11 is 17.0. The Hall–Kier alpha value is -1.24. The van der Waals surface area contributed by atoms with E-state index in [2.05, 4.69) is 9.97 Å². The molecule has 20 heavy (non-hydrogen) atoms. The summed E-state index contributed by atoms with van der Waals surface area (Å²) in [5.41, 5.74) is 0. The van der Waals surface area contributed by atoms with Crippen LogP contribution < -0.4 is 4.74 Å². The molecule has 1 aromatic heterocycles. The van der Waals surface area contributed by atoms with Gasteiger partial charge in [0.2, 0.25) is 11.7 Å². The SMILES string of the molecule is FC(F)(F)c1nc(Cl)cc(Oc2cc(Cl)cc(Cl)c2)n1. The normalized spacial score (nSPS) is 11.5. The second-order valence-electron chi connectivity index (χ2n) is 3.56. The molecule has 0 saturated heterocycles. The summed E-state index contributed by atoms with van der Waals surface area (Å²) in [5.74, 6) is -1.63. The first-order valence-electron chi connectivity index (χ1n) is 5.00. The van der Waals surface area contributed by atoms with Crippen LogP contribution in [0.4, 0.5) is 13.2 Å². The number of halogens is 6. The Morgan fingerprint density at radius 2 is 1.50 bits per heavy atom. The topological polar surface area (TPSA) is 35.0 Å². The first-order valence-corrected chi connectivity index (χ1v) is 6.13. The van der Waals surface area contributed by atoms with Crippen LogP contribution in [0.15, 0.2) is 24.3 Å². The fourth-order valence-electron chi connectivity index (χ4n) is 1.28. The molecule has 0 aliphatic heterocycles. The summed E-state index contributed by atoms with van der Waals surface area (Å²) in [6.45, 7) is 0. The number of hydrogen-bond acceptors (Lipinski definition) is 3. The molecule has 3 nitrogen and oxygen atoms in total. The first-order chi connectivity index (χ1) is 9.24. The van der Waals surface area contributed by atoms with Crippen molar-refractivity contribution in [3.8, 4) is 11.6 Å². The molecular formula is C11H4Cl3F3N2O. The second-order valence-corrected chi connectivity index (χ2v) is 4.82. The Bertz CT molecular complexity index is 629. The molecule has 0 bridgehead atoms. The first kappa shape index (κ1) is 15.2. The third-order valence-corrected chi connectivity index (χ3v) is 2.61. The molecule has 1 heterocycles. The average molecular weight is 344 g/mol. The van der Waals surface area contributed by atoms with Gasteiger partial charge in [-0.1, -0.05) is 34.8 Å². The van der Waals surface area contributed by atoms with E-state index in [0.717, 1.165) is 6.07 Å². The number of hydrogen-bond donors (Lipinski definition) is 0. The average Bonchev–Trinajstić information content (AvgIpc) is 2.25. The van der Waals surface area contributed by atoms with E-state index in [-0.39, 0.29) is 21.7 Å². The fraction of sp³-hybridized carbons (Fsp3) is 0.0909. The van der Waals surface area contributed by atoms with Gasteiger partial charge in [0.25, 0.3) is 0 Å². The second kappa shape index (κ2) is 5.63. The summed E-state index contributed by atoms with van der Waals surface area (Å²) in [7, 11) is 0. The van der Waals surface area contributed by atoms with Crippen LogP contribution in [0.1, 0.15) is 5.82 Å². The molecule has 0 N–H and O–H groups in total. The third kappa shape index (κ3) is 3.88. The molecule has 0 fully saturated rings. The van der Waals surface area contributed by atoms with Crippen molar-refractivity contribution in [2.75, 3.05) is 0 Å². The van der Waals surface area contributed by atoms with Crippen LogP contribution in [0.3, 0.4) is 0 Å². The molecule has 106 valence electrons. The van der Waals surface area contributed by atoms with Crippen LogP contribution in [-0.2, 0) is 6.18 Å². The number of ether oxygens (including phenoxy) is 1. The summed E-state index contributed by atoms with van der Waals surface area (Å²) in [5, 5.41) is 0.142. The van der Waals surface area contributed by atoms with E-state index < -0.39 is 17.2 Å². The van der Waals surface area contributed by atoms with Gasteiger partial charge in [0.1, 0.15) is 10.9 Å². The summed E-state index contributed by atoms with van der Waals surface area (Å²) in [6, 6.07) is 5.24. The lowest BCUT2D eigenvalue weighted by molar-refractivity contribution is -0.145. The number of benzene rings is 1.